The molecule has 2 N–H and O–H groups in total. The van der Waals surface area contributed by atoms with Gasteiger partial charge in [0.2, 0.25) is 10.0 Å². The first-order valence-corrected chi connectivity index (χ1v) is 10.9. The SMILES string of the molecule is COc1cc(C[C@@H]2[C@@H](O)c3ccccc3S(=O)(=O)N2Cc2cccnc2)ccc1O. The third-order valence-corrected chi connectivity index (χ3v) is 7.25. The van der Waals surface area contributed by atoms with Crippen molar-refractivity contribution in [1.82, 2.24) is 9.29 Å². The van der Waals surface area contributed by atoms with Crippen LogP contribution >= 0.6 is 0 Å². The monoisotopic (exact) mass is 426 g/mol. The molecular weight excluding hydrogens is 404 g/mol. The van der Waals surface area contributed by atoms with Crippen LogP contribution in [-0.2, 0) is 23.0 Å². The molecule has 3 aromatic rings. The van der Waals surface area contributed by atoms with E-state index in [1.54, 1.807) is 54.9 Å². The number of aliphatic hydroxyl groups excluding tert-OH is 1. The normalized spacial score (nSPS) is 20.5. The molecule has 156 valence electrons. The van der Waals surface area contributed by atoms with Gasteiger partial charge in [-0.3, -0.25) is 4.98 Å². The van der Waals surface area contributed by atoms with Gasteiger partial charge >= 0.3 is 0 Å². The van der Waals surface area contributed by atoms with E-state index in [-0.39, 0.29) is 23.6 Å². The highest BCUT2D eigenvalue weighted by atomic mass is 32.2. The highest BCUT2D eigenvalue weighted by Crippen LogP contribution is 2.39. The van der Waals surface area contributed by atoms with Gasteiger partial charge in [-0.15, -0.1) is 0 Å². The second kappa shape index (κ2) is 8.06. The number of phenolic OH excluding ortho intramolecular Hbond substituents is 1. The molecule has 1 aliphatic heterocycles. The van der Waals surface area contributed by atoms with Crippen molar-refractivity contribution in [1.29, 1.82) is 0 Å². The zero-order valence-electron chi connectivity index (χ0n) is 16.3. The standard InChI is InChI=1S/C22H22N2O5S/c1-29-20-12-15(8-9-19(20)25)11-18-22(26)17-6-2-3-7-21(17)30(27,28)24(18)14-16-5-4-10-23-13-16/h2-10,12-13,18,22,25-26H,11,14H2,1H3/t18-,22+/m1/s1. The summed E-state index contributed by atoms with van der Waals surface area (Å²) in [5, 5.41) is 21.0. The average molecular weight is 426 g/mol. The number of benzene rings is 2. The number of fused-ring (bicyclic) bond motifs is 1. The Hall–Kier alpha value is -2.94. The Morgan fingerprint density at radius 2 is 1.90 bits per heavy atom. The second-order valence-electron chi connectivity index (χ2n) is 7.17. The zero-order valence-corrected chi connectivity index (χ0v) is 17.2. The summed E-state index contributed by atoms with van der Waals surface area (Å²) in [6.07, 6.45) is 2.47. The molecule has 30 heavy (non-hydrogen) atoms. The fourth-order valence-electron chi connectivity index (χ4n) is 3.81. The first kappa shape index (κ1) is 20.3. The van der Waals surface area contributed by atoms with Gasteiger partial charge in [-0.05, 0) is 41.8 Å². The number of hydrogen-bond donors (Lipinski definition) is 2. The minimum Gasteiger partial charge on any atom is -0.504 e. The maximum absolute atomic E-state index is 13.5. The van der Waals surface area contributed by atoms with Gasteiger partial charge in [0.25, 0.3) is 0 Å². The Balaban J connectivity index is 1.78. The quantitative estimate of drug-likeness (QED) is 0.651. The number of aromatic hydroxyl groups is 1. The van der Waals surface area contributed by atoms with Gasteiger partial charge in [0.1, 0.15) is 0 Å². The van der Waals surface area contributed by atoms with Crippen LogP contribution in [-0.4, -0.2) is 41.1 Å². The Labute approximate surface area is 175 Å². The first-order valence-electron chi connectivity index (χ1n) is 9.45. The summed E-state index contributed by atoms with van der Waals surface area (Å²) in [5.74, 6) is 0.287. The lowest BCUT2D eigenvalue weighted by atomic mass is 9.95. The third kappa shape index (κ3) is 3.65. The number of aliphatic hydroxyl groups is 1. The van der Waals surface area contributed by atoms with Crippen molar-refractivity contribution >= 4 is 10.0 Å². The van der Waals surface area contributed by atoms with E-state index in [9.17, 15) is 18.6 Å². The topological polar surface area (TPSA) is 100.0 Å². The van der Waals surface area contributed by atoms with Gasteiger partial charge in [0.15, 0.2) is 11.5 Å². The number of sulfonamides is 1. The molecule has 8 heteroatoms. The van der Waals surface area contributed by atoms with E-state index in [0.29, 0.717) is 11.3 Å². The van der Waals surface area contributed by atoms with Gasteiger partial charge in [0, 0.05) is 24.5 Å². The number of methoxy groups -OCH3 is 1. The minimum atomic E-state index is -3.84. The molecule has 0 unspecified atom stereocenters. The molecule has 1 aromatic heterocycles. The number of pyridine rings is 1. The molecule has 4 rings (SSSR count). The minimum absolute atomic E-state index is 0.00405. The predicted octanol–water partition coefficient (Wildman–Crippen LogP) is 2.65. The fraction of sp³-hybridized carbons (Fsp3) is 0.227. The van der Waals surface area contributed by atoms with Crippen molar-refractivity contribution in [2.45, 2.75) is 30.0 Å². The largest absolute Gasteiger partial charge is 0.504 e. The summed E-state index contributed by atoms with van der Waals surface area (Å²) < 4.78 is 33.4. The number of rotatable bonds is 5. The third-order valence-electron chi connectivity index (χ3n) is 5.31. The molecule has 2 atom stereocenters. The van der Waals surface area contributed by atoms with Crippen LogP contribution in [0.4, 0.5) is 0 Å². The van der Waals surface area contributed by atoms with Gasteiger partial charge < -0.3 is 14.9 Å². The molecule has 1 aliphatic rings. The maximum Gasteiger partial charge on any atom is 0.244 e. The molecule has 2 aromatic carbocycles. The summed E-state index contributed by atoms with van der Waals surface area (Å²) in [6, 6.07) is 14.2. The molecule has 0 amide bonds. The average Bonchev–Trinajstić information content (AvgIpc) is 2.76. The van der Waals surface area contributed by atoms with E-state index in [4.69, 9.17) is 4.74 Å². The van der Waals surface area contributed by atoms with Crippen LogP contribution in [0.2, 0.25) is 0 Å². The van der Waals surface area contributed by atoms with E-state index < -0.39 is 22.2 Å². The lowest BCUT2D eigenvalue weighted by Crippen LogP contribution is -2.48. The van der Waals surface area contributed by atoms with Crippen molar-refractivity contribution in [2.24, 2.45) is 0 Å². The summed E-state index contributed by atoms with van der Waals surface area (Å²) >= 11 is 0. The van der Waals surface area contributed by atoms with Crippen molar-refractivity contribution in [3.63, 3.8) is 0 Å². The molecule has 7 nitrogen and oxygen atoms in total. The highest BCUT2D eigenvalue weighted by Gasteiger charge is 2.43. The molecule has 0 bridgehead atoms. The number of hydrogen-bond acceptors (Lipinski definition) is 6. The van der Waals surface area contributed by atoms with Gasteiger partial charge in [-0.2, -0.15) is 4.31 Å². The number of phenols is 1. The van der Waals surface area contributed by atoms with Gasteiger partial charge in [0.05, 0.1) is 24.2 Å². The first-order chi connectivity index (χ1) is 14.4. The molecular formula is C22H22N2O5S. The Morgan fingerprint density at radius 1 is 1.10 bits per heavy atom. The van der Waals surface area contributed by atoms with Crippen LogP contribution in [0, 0.1) is 0 Å². The maximum atomic E-state index is 13.5. The van der Waals surface area contributed by atoms with Crippen molar-refractivity contribution in [2.75, 3.05) is 7.11 Å². The van der Waals surface area contributed by atoms with Crippen LogP contribution in [0.3, 0.4) is 0 Å². The number of ether oxygens (including phenoxy) is 1. The van der Waals surface area contributed by atoms with E-state index in [2.05, 4.69) is 4.98 Å². The molecule has 0 radical (unpaired) electrons. The number of aromatic nitrogens is 1. The lowest BCUT2D eigenvalue weighted by molar-refractivity contribution is 0.0769. The van der Waals surface area contributed by atoms with Crippen molar-refractivity contribution in [3.05, 3.63) is 83.7 Å². The highest BCUT2D eigenvalue weighted by molar-refractivity contribution is 7.89. The Bertz CT molecular complexity index is 1150. The van der Waals surface area contributed by atoms with Crippen LogP contribution in [0.1, 0.15) is 22.8 Å². The van der Waals surface area contributed by atoms with E-state index in [0.717, 1.165) is 11.1 Å². The van der Waals surface area contributed by atoms with Crippen LogP contribution in [0.25, 0.3) is 0 Å². The van der Waals surface area contributed by atoms with Gasteiger partial charge in [-0.25, -0.2) is 8.42 Å². The Kier molecular flexibility index (Phi) is 5.46. The van der Waals surface area contributed by atoms with Gasteiger partial charge in [-0.1, -0.05) is 30.3 Å². The molecule has 0 saturated heterocycles. The van der Waals surface area contributed by atoms with Crippen molar-refractivity contribution < 1.29 is 23.4 Å². The fourth-order valence-corrected chi connectivity index (χ4v) is 5.66. The molecule has 0 spiro atoms. The smallest absolute Gasteiger partial charge is 0.244 e. The van der Waals surface area contributed by atoms with Crippen LogP contribution in [0.15, 0.2) is 71.9 Å². The Morgan fingerprint density at radius 3 is 2.63 bits per heavy atom. The zero-order chi connectivity index (χ0) is 21.3. The summed E-state index contributed by atoms with van der Waals surface area (Å²) in [4.78, 5) is 4.19. The van der Waals surface area contributed by atoms with Crippen LogP contribution < -0.4 is 4.74 Å². The van der Waals surface area contributed by atoms with E-state index in [1.165, 1.54) is 23.5 Å². The number of nitrogens with zero attached hydrogens (tertiary/aromatic N) is 2. The van der Waals surface area contributed by atoms with Crippen LogP contribution in [0.5, 0.6) is 11.5 Å². The molecule has 0 aliphatic carbocycles. The lowest BCUT2D eigenvalue weighted by Gasteiger charge is -2.39. The van der Waals surface area contributed by atoms with E-state index >= 15 is 0 Å². The summed E-state index contributed by atoms with van der Waals surface area (Å²) in [5.41, 5.74) is 1.84. The summed E-state index contributed by atoms with van der Waals surface area (Å²) in [6.45, 7) is 0.0848. The predicted molar refractivity (Wildman–Crippen MR) is 111 cm³/mol. The molecule has 0 saturated carbocycles. The summed E-state index contributed by atoms with van der Waals surface area (Å²) in [7, 11) is -2.39. The van der Waals surface area contributed by atoms with E-state index in [1.807, 2.05) is 0 Å². The molecule has 0 fully saturated rings. The second-order valence-corrected chi connectivity index (χ2v) is 9.03. The van der Waals surface area contributed by atoms with Crippen molar-refractivity contribution in [3.8, 4) is 11.5 Å². The molecule has 2 heterocycles.